The first-order chi connectivity index (χ1) is 16.8. The Bertz CT molecular complexity index is 907. The van der Waals surface area contributed by atoms with Gasteiger partial charge in [0.1, 0.15) is 11.5 Å². The van der Waals surface area contributed by atoms with E-state index in [4.69, 9.17) is 11.6 Å². The molecule has 3 aliphatic rings. The van der Waals surface area contributed by atoms with Crippen molar-refractivity contribution in [3.8, 4) is 0 Å². The van der Waals surface area contributed by atoms with Gasteiger partial charge in [0.25, 0.3) is 0 Å². The van der Waals surface area contributed by atoms with Gasteiger partial charge < -0.3 is 15.1 Å². The van der Waals surface area contributed by atoms with Crippen LogP contribution in [0.4, 0.5) is 19.0 Å². The molecule has 0 aliphatic carbocycles. The molecule has 3 aliphatic heterocycles. The number of pyridine rings is 1. The summed E-state index contributed by atoms with van der Waals surface area (Å²) >= 11 is 5.91. The molecule has 11 heteroatoms. The number of carbonyl (C=O) groups is 1. The van der Waals surface area contributed by atoms with Crippen LogP contribution in [0.15, 0.2) is 35.6 Å². The molecule has 0 saturated carbocycles. The highest BCUT2D eigenvalue weighted by Crippen LogP contribution is 2.24. The number of amides is 1. The second-order valence-corrected chi connectivity index (χ2v) is 9.75. The molecule has 4 rings (SSSR count). The zero-order valence-corrected chi connectivity index (χ0v) is 20.4. The fourth-order valence-electron chi connectivity index (χ4n) is 4.84. The van der Waals surface area contributed by atoms with Crippen molar-refractivity contribution in [3.63, 3.8) is 0 Å². The molecule has 1 aromatic rings. The number of piperazine rings is 1. The molecule has 0 aromatic carbocycles. The Hall–Kier alpha value is -2.17. The Morgan fingerprint density at radius 3 is 2.51 bits per heavy atom. The first-order valence-corrected chi connectivity index (χ1v) is 12.6. The lowest BCUT2D eigenvalue weighted by Crippen LogP contribution is -2.49. The molecule has 35 heavy (non-hydrogen) atoms. The normalized spacial score (nSPS) is 22.4. The Balaban J connectivity index is 1.10. The van der Waals surface area contributed by atoms with Crippen LogP contribution in [0.5, 0.6) is 0 Å². The zero-order valence-electron chi connectivity index (χ0n) is 19.7. The smallest absolute Gasteiger partial charge is 0.354 e. The SMILES string of the molecule is O=C(CCCN1CCN(c2ccc(Cl)cn2)CC1)N1CCC(NC2C=CN=C(C(F)(F)F)C2)CC1. The Morgan fingerprint density at radius 2 is 1.86 bits per heavy atom. The number of nitrogens with zero attached hydrogens (tertiary/aromatic N) is 5. The van der Waals surface area contributed by atoms with Gasteiger partial charge in [0.15, 0.2) is 0 Å². The van der Waals surface area contributed by atoms with Crippen LogP contribution < -0.4 is 10.2 Å². The van der Waals surface area contributed by atoms with Crippen LogP contribution in [0.3, 0.4) is 0 Å². The predicted molar refractivity (Wildman–Crippen MR) is 131 cm³/mol. The summed E-state index contributed by atoms with van der Waals surface area (Å²) in [5.41, 5.74) is -0.742. The lowest BCUT2D eigenvalue weighted by Gasteiger charge is -2.36. The van der Waals surface area contributed by atoms with Crippen LogP contribution in [0, 0.1) is 0 Å². The average molecular weight is 513 g/mol. The van der Waals surface area contributed by atoms with Crippen molar-refractivity contribution in [2.45, 2.75) is 50.4 Å². The number of carbonyl (C=O) groups excluding carboxylic acids is 1. The number of likely N-dealkylation sites (tertiary alicyclic amines) is 1. The molecular weight excluding hydrogens is 481 g/mol. The molecular formula is C24H32ClF3N6O. The maximum Gasteiger partial charge on any atom is 0.429 e. The van der Waals surface area contributed by atoms with Crippen molar-refractivity contribution in [3.05, 3.63) is 35.6 Å². The maximum absolute atomic E-state index is 12.9. The highest BCUT2D eigenvalue weighted by molar-refractivity contribution is 6.30. The van der Waals surface area contributed by atoms with E-state index in [0.29, 0.717) is 24.5 Å². The molecule has 1 atom stereocenters. The highest BCUT2D eigenvalue weighted by Gasteiger charge is 2.37. The number of hydrogen-bond donors (Lipinski definition) is 1. The first-order valence-electron chi connectivity index (χ1n) is 12.2. The second-order valence-electron chi connectivity index (χ2n) is 9.31. The van der Waals surface area contributed by atoms with E-state index < -0.39 is 11.9 Å². The van der Waals surface area contributed by atoms with Crippen molar-refractivity contribution < 1.29 is 18.0 Å². The molecule has 1 aromatic heterocycles. The molecule has 0 spiro atoms. The maximum atomic E-state index is 12.9. The van der Waals surface area contributed by atoms with E-state index in [1.54, 1.807) is 12.3 Å². The summed E-state index contributed by atoms with van der Waals surface area (Å²) in [4.78, 5) is 27.0. The van der Waals surface area contributed by atoms with Crippen LogP contribution in [0.2, 0.25) is 5.02 Å². The molecule has 1 unspecified atom stereocenters. The summed E-state index contributed by atoms with van der Waals surface area (Å²) < 4.78 is 38.7. The average Bonchev–Trinajstić information content (AvgIpc) is 2.85. The summed E-state index contributed by atoms with van der Waals surface area (Å²) in [6, 6.07) is 3.53. The molecule has 0 bridgehead atoms. The minimum Gasteiger partial charge on any atom is -0.354 e. The van der Waals surface area contributed by atoms with E-state index >= 15 is 0 Å². The Morgan fingerprint density at radius 1 is 1.11 bits per heavy atom. The van der Waals surface area contributed by atoms with Gasteiger partial charge in [0, 0.05) is 76.6 Å². The van der Waals surface area contributed by atoms with Gasteiger partial charge in [-0.1, -0.05) is 11.6 Å². The summed E-state index contributed by atoms with van der Waals surface area (Å²) in [6.07, 6.45) is 2.88. The van der Waals surface area contributed by atoms with Crippen molar-refractivity contribution in [1.82, 2.24) is 20.1 Å². The molecule has 1 amide bonds. The number of aromatic nitrogens is 1. The lowest BCUT2D eigenvalue weighted by molar-refractivity contribution is -0.132. The van der Waals surface area contributed by atoms with Gasteiger partial charge in [-0.3, -0.25) is 14.7 Å². The number of piperidine rings is 1. The monoisotopic (exact) mass is 512 g/mol. The van der Waals surface area contributed by atoms with E-state index in [1.165, 1.54) is 6.20 Å². The van der Waals surface area contributed by atoms with E-state index in [1.807, 2.05) is 17.0 Å². The number of anilines is 1. The predicted octanol–water partition coefficient (Wildman–Crippen LogP) is 3.51. The molecule has 2 fully saturated rings. The van der Waals surface area contributed by atoms with Crippen LogP contribution in [-0.4, -0.2) is 90.5 Å². The Kier molecular flexibility index (Phi) is 8.67. The highest BCUT2D eigenvalue weighted by atomic mass is 35.5. The van der Waals surface area contributed by atoms with Gasteiger partial charge in [-0.15, -0.1) is 0 Å². The first kappa shape index (κ1) is 25.9. The van der Waals surface area contributed by atoms with Crippen molar-refractivity contribution in [1.29, 1.82) is 0 Å². The quantitative estimate of drug-likeness (QED) is 0.606. The summed E-state index contributed by atoms with van der Waals surface area (Å²) in [7, 11) is 0. The minimum atomic E-state index is -4.39. The number of rotatable bonds is 7. The molecule has 7 nitrogen and oxygen atoms in total. The van der Waals surface area contributed by atoms with Crippen LogP contribution in [0.25, 0.3) is 0 Å². The van der Waals surface area contributed by atoms with Gasteiger partial charge >= 0.3 is 6.18 Å². The summed E-state index contributed by atoms with van der Waals surface area (Å²) in [6.45, 7) is 5.84. The number of halogens is 4. The largest absolute Gasteiger partial charge is 0.429 e. The number of alkyl halides is 3. The van der Waals surface area contributed by atoms with E-state index in [0.717, 1.165) is 57.8 Å². The van der Waals surface area contributed by atoms with Crippen LogP contribution in [-0.2, 0) is 4.79 Å². The number of nitrogens with one attached hydrogen (secondary N) is 1. The third-order valence-corrected chi connectivity index (χ3v) is 7.08. The van der Waals surface area contributed by atoms with Gasteiger partial charge in [0.05, 0.1) is 5.02 Å². The van der Waals surface area contributed by atoms with Crippen molar-refractivity contribution in [2.75, 3.05) is 50.7 Å². The number of aliphatic imine (C=N–C) groups is 1. The van der Waals surface area contributed by atoms with E-state index in [-0.39, 0.29) is 24.4 Å². The molecule has 0 radical (unpaired) electrons. The van der Waals surface area contributed by atoms with Gasteiger partial charge in [-0.2, -0.15) is 13.2 Å². The third kappa shape index (κ3) is 7.41. The number of hydrogen-bond acceptors (Lipinski definition) is 6. The topological polar surface area (TPSA) is 64.1 Å². The molecule has 192 valence electrons. The Labute approximate surface area is 209 Å². The minimum absolute atomic E-state index is 0.104. The van der Waals surface area contributed by atoms with Crippen LogP contribution >= 0.6 is 11.6 Å². The molecule has 4 heterocycles. The van der Waals surface area contributed by atoms with Gasteiger partial charge in [-0.25, -0.2) is 4.98 Å². The zero-order chi connectivity index (χ0) is 24.8. The molecule has 2 saturated heterocycles. The fourth-order valence-corrected chi connectivity index (χ4v) is 4.95. The second kappa shape index (κ2) is 11.7. The van der Waals surface area contributed by atoms with Gasteiger partial charge in [0.2, 0.25) is 5.91 Å². The fraction of sp³-hybridized carbons (Fsp3) is 0.625. The summed E-state index contributed by atoms with van der Waals surface area (Å²) in [5.74, 6) is 1.10. The molecule has 1 N–H and O–H groups in total. The van der Waals surface area contributed by atoms with Crippen molar-refractivity contribution >= 4 is 29.0 Å². The third-order valence-electron chi connectivity index (χ3n) is 6.86. The van der Waals surface area contributed by atoms with E-state index in [2.05, 4.69) is 25.1 Å². The van der Waals surface area contributed by atoms with E-state index in [9.17, 15) is 18.0 Å². The van der Waals surface area contributed by atoms with Crippen molar-refractivity contribution in [2.24, 2.45) is 4.99 Å². The standard InChI is InChI=1S/C24H32ClF3N6O/c25-18-3-4-22(30-17-18)33-14-12-32(13-15-33)9-1-2-23(35)34-10-6-19(7-11-34)31-20-5-8-29-21(16-20)24(26,27)28/h3-5,8,17,19-20,31H,1-2,6-7,9-16H2. The van der Waals surface area contributed by atoms with Gasteiger partial charge in [-0.05, 0) is 44.0 Å². The lowest BCUT2D eigenvalue weighted by atomic mass is 10.0. The summed E-state index contributed by atoms with van der Waals surface area (Å²) in [5, 5.41) is 3.93. The van der Waals surface area contributed by atoms with Crippen LogP contribution in [0.1, 0.15) is 32.1 Å².